The molecular formula is C18H17ClN4O2. The lowest BCUT2D eigenvalue weighted by molar-refractivity contribution is 0.0934. The first kappa shape index (κ1) is 17.1. The monoisotopic (exact) mass is 356 g/mol. The smallest absolute Gasteiger partial charge is 0.291 e. The number of aromatic nitrogens is 3. The van der Waals surface area contributed by atoms with E-state index in [0.717, 1.165) is 16.8 Å². The highest BCUT2D eigenvalue weighted by molar-refractivity contribution is 6.30. The summed E-state index contributed by atoms with van der Waals surface area (Å²) in [6.45, 7) is 1.99. The lowest BCUT2D eigenvalue weighted by atomic mass is 10.2. The topological polar surface area (TPSA) is 80.0 Å². The predicted molar refractivity (Wildman–Crippen MR) is 96.0 cm³/mol. The number of aliphatic hydroxyl groups excluding tert-OH is 1. The summed E-state index contributed by atoms with van der Waals surface area (Å²) < 4.78 is 1.63. The fraction of sp³-hybridized carbons (Fsp3) is 0.167. The number of benzene rings is 2. The van der Waals surface area contributed by atoms with Crippen molar-refractivity contribution in [2.45, 2.75) is 6.92 Å². The van der Waals surface area contributed by atoms with Gasteiger partial charge in [0.25, 0.3) is 5.91 Å². The summed E-state index contributed by atoms with van der Waals surface area (Å²) >= 11 is 5.96. The molecule has 1 heterocycles. The number of aryl methyl sites for hydroxylation is 1. The third-order valence-electron chi connectivity index (χ3n) is 3.56. The van der Waals surface area contributed by atoms with Crippen molar-refractivity contribution in [1.29, 1.82) is 0 Å². The number of carbonyl (C=O) groups is 1. The van der Waals surface area contributed by atoms with Gasteiger partial charge in [0, 0.05) is 17.1 Å². The molecule has 2 aromatic carbocycles. The van der Waals surface area contributed by atoms with Crippen molar-refractivity contribution in [2.75, 3.05) is 13.2 Å². The normalized spacial score (nSPS) is 10.7. The zero-order valence-corrected chi connectivity index (χ0v) is 14.4. The second kappa shape index (κ2) is 7.46. The Labute approximate surface area is 150 Å². The summed E-state index contributed by atoms with van der Waals surface area (Å²) in [6.07, 6.45) is 0. The van der Waals surface area contributed by atoms with Gasteiger partial charge in [0.1, 0.15) is 0 Å². The number of nitrogens with one attached hydrogen (secondary N) is 1. The Morgan fingerprint density at radius 3 is 2.68 bits per heavy atom. The lowest BCUT2D eigenvalue weighted by Crippen LogP contribution is -2.27. The molecule has 0 unspecified atom stereocenters. The largest absolute Gasteiger partial charge is 0.395 e. The molecule has 1 aromatic heterocycles. The van der Waals surface area contributed by atoms with Gasteiger partial charge in [-0.05, 0) is 48.9 Å². The van der Waals surface area contributed by atoms with Crippen molar-refractivity contribution in [2.24, 2.45) is 0 Å². The lowest BCUT2D eigenvalue weighted by Gasteiger charge is -2.06. The molecule has 3 aromatic rings. The maximum atomic E-state index is 12.2. The summed E-state index contributed by atoms with van der Waals surface area (Å²) in [5.41, 5.74) is 2.67. The van der Waals surface area contributed by atoms with Gasteiger partial charge < -0.3 is 10.4 Å². The van der Waals surface area contributed by atoms with Crippen molar-refractivity contribution >= 4 is 17.5 Å². The highest BCUT2D eigenvalue weighted by Gasteiger charge is 2.18. The first-order valence-electron chi connectivity index (χ1n) is 7.77. The van der Waals surface area contributed by atoms with Crippen LogP contribution in [0.2, 0.25) is 5.02 Å². The van der Waals surface area contributed by atoms with Crippen molar-refractivity contribution in [3.8, 4) is 17.1 Å². The number of aliphatic hydroxyl groups is 1. The van der Waals surface area contributed by atoms with Crippen LogP contribution in [-0.2, 0) is 0 Å². The van der Waals surface area contributed by atoms with E-state index in [2.05, 4.69) is 15.4 Å². The van der Waals surface area contributed by atoms with Crippen LogP contribution in [0, 0.1) is 6.92 Å². The van der Waals surface area contributed by atoms with Crippen LogP contribution in [0.1, 0.15) is 16.2 Å². The number of hydrogen-bond donors (Lipinski definition) is 2. The standard InChI is InChI=1S/C18H17ClN4O2/c1-12-3-2-4-15(11-12)23-17(13-5-7-14(19)8-6-13)21-16(22-23)18(25)20-9-10-24/h2-8,11,24H,9-10H2,1H3,(H,20,25). The van der Waals surface area contributed by atoms with Crippen LogP contribution in [0.25, 0.3) is 17.1 Å². The van der Waals surface area contributed by atoms with Gasteiger partial charge in [0.15, 0.2) is 5.82 Å². The number of hydrogen-bond acceptors (Lipinski definition) is 4. The average Bonchev–Trinajstić information content (AvgIpc) is 3.06. The average molecular weight is 357 g/mol. The van der Waals surface area contributed by atoms with Crippen LogP contribution in [-0.4, -0.2) is 38.9 Å². The summed E-state index contributed by atoms with van der Waals surface area (Å²) in [7, 11) is 0. The summed E-state index contributed by atoms with van der Waals surface area (Å²) in [5, 5.41) is 16.4. The maximum Gasteiger partial charge on any atom is 0.291 e. The van der Waals surface area contributed by atoms with E-state index in [9.17, 15) is 4.79 Å². The Bertz CT molecular complexity index is 890. The van der Waals surface area contributed by atoms with E-state index in [-0.39, 0.29) is 19.0 Å². The second-order valence-electron chi connectivity index (χ2n) is 5.50. The Balaban J connectivity index is 2.09. The number of carbonyl (C=O) groups excluding carboxylic acids is 1. The SMILES string of the molecule is Cc1cccc(-n2nc(C(=O)NCCO)nc2-c2ccc(Cl)cc2)c1. The predicted octanol–water partition coefficient (Wildman–Crippen LogP) is 2.62. The third-order valence-corrected chi connectivity index (χ3v) is 3.81. The number of amides is 1. The Morgan fingerprint density at radius 2 is 2.00 bits per heavy atom. The highest BCUT2D eigenvalue weighted by atomic mass is 35.5. The molecule has 0 aliphatic heterocycles. The van der Waals surface area contributed by atoms with E-state index >= 15 is 0 Å². The molecule has 0 aliphatic rings. The van der Waals surface area contributed by atoms with Crippen molar-refractivity contribution in [1.82, 2.24) is 20.1 Å². The molecule has 128 valence electrons. The minimum Gasteiger partial charge on any atom is -0.395 e. The van der Waals surface area contributed by atoms with Gasteiger partial charge in [0.05, 0.1) is 12.3 Å². The van der Waals surface area contributed by atoms with E-state index in [1.54, 1.807) is 16.8 Å². The molecule has 0 radical (unpaired) electrons. The van der Waals surface area contributed by atoms with E-state index in [1.807, 2.05) is 43.3 Å². The van der Waals surface area contributed by atoms with Crippen molar-refractivity contribution < 1.29 is 9.90 Å². The molecule has 1 amide bonds. The molecule has 6 nitrogen and oxygen atoms in total. The molecule has 3 rings (SSSR count). The zero-order chi connectivity index (χ0) is 17.8. The van der Waals surface area contributed by atoms with Crippen LogP contribution in [0.5, 0.6) is 0 Å². The summed E-state index contributed by atoms with van der Waals surface area (Å²) in [6, 6.07) is 14.9. The van der Waals surface area contributed by atoms with Gasteiger partial charge in [-0.3, -0.25) is 4.79 Å². The molecule has 0 spiro atoms. The third kappa shape index (κ3) is 3.87. The van der Waals surface area contributed by atoms with E-state index in [1.165, 1.54) is 0 Å². The van der Waals surface area contributed by atoms with Crippen molar-refractivity contribution in [3.63, 3.8) is 0 Å². The Hall–Kier alpha value is -2.70. The minimum atomic E-state index is -0.435. The first-order valence-corrected chi connectivity index (χ1v) is 8.15. The number of nitrogens with zero attached hydrogens (tertiary/aromatic N) is 3. The Morgan fingerprint density at radius 1 is 1.24 bits per heavy atom. The number of rotatable bonds is 5. The van der Waals surface area contributed by atoms with Gasteiger partial charge in [0.2, 0.25) is 5.82 Å². The molecular weight excluding hydrogens is 340 g/mol. The zero-order valence-electron chi connectivity index (χ0n) is 13.6. The fourth-order valence-electron chi connectivity index (χ4n) is 2.38. The summed E-state index contributed by atoms with van der Waals surface area (Å²) in [4.78, 5) is 16.6. The second-order valence-corrected chi connectivity index (χ2v) is 5.93. The molecule has 2 N–H and O–H groups in total. The van der Waals surface area contributed by atoms with Crippen LogP contribution in [0.4, 0.5) is 0 Å². The van der Waals surface area contributed by atoms with Crippen LogP contribution in [0.3, 0.4) is 0 Å². The quantitative estimate of drug-likeness (QED) is 0.736. The molecule has 25 heavy (non-hydrogen) atoms. The minimum absolute atomic E-state index is 0.0416. The molecule has 0 saturated carbocycles. The maximum absolute atomic E-state index is 12.2. The molecule has 0 bridgehead atoms. The van der Waals surface area contributed by atoms with Crippen molar-refractivity contribution in [3.05, 3.63) is 64.9 Å². The van der Waals surface area contributed by atoms with Gasteiger partial charge in [-0.25, -0.2) is 9.67 Å². The van der Waals surface area contributed by atoms with Crippen LogP contribution < -0.4 is 5.32 Å². The van der Waals surface area contributed by atoms with Gasteiger partial charge in [-0.1, -0.05) is 23.7 Å². The van der Waals surface area contributed by atoms with E-state index < -0.39 is 5.91 Å². The van der Waals surface area contributed by atoms with E-state index in [0.29, 0.717) is 10.8 Å². The van der Waals surface area contributed by atoms with Gasteiger partial charge >= 0.3 is 0 Å². The first-order chi connectivity index (χ1) is 12.1. The van der Waals surface area contributed by atoms with Crippen LogP contribution in [0.15, 0.2) is 48.5 Å². The molecule has 7 heteroatoms. The molecule has 0 saturated heterocycles. The fourth-order valence-corrected chi connectivity index (χ4v) is 2.51. The Kier molecular flexibility index (Phi) is 5.11. The van der Waals surface area contributed by atoms with Gasteiger partial charge in [-0.15, -0.1) is 5.10 Å². The molecule has 0 fully saturated rings. The number of halogens is 1. The van der Waals surface area contributed by atoms with Crippen LogP contribution >= 0.6 is 11.6 Å². The molecule has 0 atom stereocenters. The van der Waals surface area contributed by atoms with Gasteiger partial charge in [-0.2, -0.15) is 0 Å². The highest BCUT2D eigenvalue weighted by Crippen LogP contribution is 2.23. The summed E-state index contributed by atoms with van der Waals surface area (Å²) in [5.74, 6) is 0.145. The molecule has 0 aliphatic carbocycles. The van der Waals surface area contributed by atoms with E-state index in [4.69, 9.17) is 16.7 Å².